The summed E-state index contributed by atoms with van der Waals surface area (Å²) in [6, 6.07) is 0. The molecule has 0 aliphatic carbocycles. The highest BCUT2D eigenvalue weighted by molar-refractivity contribution is 7.99. The summed E-state index contributed by atoms with van der Waals surface area (Å²) in [5, 5.41) is 9.69. The lowest BCUT2D eigenvalue weighted by Gasteiger charge is -2.25. The summed E-state index contributed by atoms with van der Waals surface area (Å²) in [7, 11) is 0. The topological polar surface area (TPSA) is 73.9 Å². The number of nitrogens with one attached hydrogen (secondary N) is 2. The zero-order valence-corrected chi connectivity index (χ0v) is 13.2. The molecule has 1 aliphatic heterocycles. The third kappa shape index (κ3) is 4.21. The number of hydrogen-bond acceptors (Lipinski definition) is 5. The summed E-state index contributed by atoms with van der Waals surface area (Å²) in [6.07, 6.45) is 0. The molecule has 1 amide bonds. The highest BCUT2D eigenvalue weighted by atomic mass is 32.2. The van der Waals surface area contributed by atoms with Gasteiger partial charge in [-0.3, -0.25) is 14.8 Å². The fraction of sp³-hybridized carbons (Fsp3) is 0.769. The normalized spacial score (nSPS) is 17.1. The Morgan fingerprint density at radius 3 is 2.70 bits per heavy atom. The molecular formula is C13H23N5OS. The molecule has 0 unspecified atom stereocenters. The molecule has 2 rings (SSSR count). The van der Waals surface area contributed by atoms with E-state index >= 15 is 0 Å². The molecule has 0 atom stereocenters. The number of nitrogens with zero attached hydrogens (tertiary/aromatic N) is 3. The van der Waals surface area contributed by atoms with Crippen molar-refractivity contribution in [2.75, 3.05) is 37.7 Å². The van der Waals surface area contributed by atoms with Gasteiger partial charge >= 0.3 is 0 Å². The molecule has 0 spiro atoms. The van der Waals surface area contributed by atoms with Crippen molar-refractivity contribution in [3.63, 3.8) is 0 Å². The first-order chi connectivity index (χ1) is 9.47. The summed E-state index contributed by atoms with van der Waals surface area (Å²) in [4.78, 5) is 18.6. The van der Waals surface area contributed by atoms with Crippen LogP contribution in [0.25, 0.3) is 0 Å². The molecule has 1 fully saturated rings. The Labute approximate surface area is 124 Å². The maximum Gasteiger partial charge on any atom is 0.291 e. The molecule has 0 saturated carbocycles. The number of aromatic amines is 1. The van der Waals surface area contributed by atoms with Crippen LogP contribution in [0.4, 0.5) is 0 Å². The van der Waals surface area contributed by atoms with E-state index in [0.717, 1.165) is 25.5 Å². The molecule has 0 bridgehead atoms. The van der Waals surface area contributed by atoms with Crippen molar-refractivity contribution in [1.82, 2.24) is 25.4 Å². The quantitative estimate of drug-likeness (QED) is 0.863. The molecule has 1 aromatic rings. The van der Waals surface area contributed by atoms with E-state index in [4.69, 9.17) is 0 Å². The summed E-state index contributed by atoms with van der Waals surface area (Å²) in [5.74, 6) is 3.12. The number of thioether (sulfide) groups is 1. The molecular weight excluding hydrogens is 274 g/mol. The van der Waals surface area contributed by atoms with Crippen LogP contribution < -0.4 is 5.32 Å². The number of carbonyl (C=O) groups is 1. The fourth-order valence-electron chi connectivity index (χ4n) is 1.93. The highest BCUT2D eigenvalue weighted by Crippen LogP contribution is 2.17. The van der Waals surface area contributed by atoms with Crippen molar-refractivity contribution >= 4 is 17.7 Å². The van der Waals surface area contributed by atoms with Gasteiger partial charge in [0.15, 0.2) is 0 Å². The maximum absolute atomic E-state index is 11.9. The van der Waals surface area contributed by atoms with Crippen LogP contribution in [0.1, 0.15) is 37.2 Å². The maximum atomic E-state index is 11.9. The first-order valence-corrected chi connectivity index (χ1v) is 8.13. The Kier molecular flexibility index (Phi) is 5.04. The van der Waals surface area contributed by atoms with Gasteiger partial charge in [-0.1, -0.05) is 20.8 Å². The molecule has 2 N–H and O–H groups in total. The molecule has 0 radical (unpaired) electrons. The second-order valence-electron chi connectivity index (χ2n) is 5.97. The Morgan fingerprint density at radius 1 is 1.40 bits per heavy atom. The van der Waals surface area contributed by atoms with E-state index in [1.54, 1.807) is 0 Å². The van der Waals surface area contributed by atoms with E-state index in [1.165, 1.54) is 11.5 Å². The van der Waals surface area contributed by atoms with Crippen molar-refractivity contribution < 1.29 is 4.79 Å². The van der Waals surface area contributed by atoms with Gasteiger partial charge in [0.25, 0.3) is 5.91 Å². The summed E-state index contributed by atoms with van der Waals surface area (Å²) >= 11 is 1.99. The van der Waals surface area contributed by atoms with Crippen molar-refractivity contribution in [2.45, 2.75) is 26.2 Å². The van der Waals surface area contributed by atoms with Crippen molar-refractivity contribution in [3.05, 3.63) is 11.6 Å². The van der Waals surface area contributed by atoms with Gasteiger partial charge in [-0.15, -0.1) is 5.10 Å². The van der Waals surface area contributed by atoms with E-state index < -0.39 is 0 Å². The summed E-state index contributed by atoms with van der Waals surface area (Å²) in [5.41, 5.74) is -0.128. The Morgan fingerprint density at radius 2 is 2.10 bits per heavy atom. The van der Waals surface area contributed by atoms with Crippen molar-refractivity contribution in [3.8, 4) is 0 Å². The predicted molar refractivity (Wildman–Crippen MR) is 81.2 cm³/mol. The molecule has 7 heteroatoms. The van der Waals surface area contributed by atoms with Crippen LogP contribution in [0.3, 0.4) is 0 Å². The first-order valence-electron chi connectivity index (χ1n) is 6.98. The van der Waals surface area contributed by atoms with Gasteiger partial charge in [0, 0.05) is 43.1 Å². The van der Waals surface area contributed by atoms with Gasteiger partial charge in [0.05, 0.1) is 0 Å². The van der Waals surface area contributed by atoms with E-state index in [9.17, 15) is 4.79 Å². The number of carbonyl (C=O) groups excluding carboxylic acids is 1. The SMILES string of the molecule is CC(C)(C)c1nc(C(=O)NCCN2CCSCC2)n[nH]1. The van der Waals surface area contributed by atoms with E-state index in [1.807, 2.05) is 32.5 Å². The average molecular weight is 297 g/mol. The van der Waals surface area contributed by atoms with Crippen LogP contribution in [-0.4, -0.2) is 63.7 Å². The van der Waals surface area contributed by atoms with Gasteiger partial charge in [-0.2, -0.15) is 11.8 Å². The van der Waals surface area contributed by atoms with Gasteiger partial charge in [-0.25, -0.2) is 4.98 Å². The Bertz CT molecular complexity index is 448. The molecule has 6 nitrogen and oxygen atoms in total. The standard InChI is InChI=1S/C13H23N5OS/c1-13(2,3)12-15-10(16-17-12)11(19)14-4-5-18-6-8-20-9-7-18/h4-9H2,1-3H3,(H,14,19)(H,15,16,17). The lowest BCUT2D eigenvalue weighted by molar-refractivity contribution is 0.0939. The lowest BCUT2D eigenvalue weighted by Crippen LogP contribution is -2.39. The molecule has 112 valence electrons. The van der Waals surface area contributed by atoms with Gasteiger partial charge < -0.3 is 5.32 Å². The number of amides is 1. The first kappa shape index (κ1) is 15.3. The van der Waals surface area contributed by atoms with Crippen LogP contribution >= 0.6 is 11.8 Å². The van der Waals surface area contributed by atoms with Crippen LogP contribution in [0.5, 0.6) is 0 Å². The van der Waals surface area contributed by atoms with Gasteiger partial charge in [0.2, 0.25) is 5.82 Å². The minimum Gasteiger partial charge on any atom is -0.348 e. The largest absolute Gasteiger partial charge is 0.348 e. The number of H-pyrrole nitrogens is 1. The second kappa shape index (κ2) is 6.58. The average Bonchev–Trinajstić information content (AvgIpc) is 2.89. The molecule has 1 aromatic heterocycles. The third-order valence-corrected chi connectivity index (χ3v) is 4.16. The number of aromatic nitrogens is 3. The lowest BCUT2D eigenvalue weighted by atomic mass is 9.96. The van der Waals surface area contributed by atoms with E-state index in [0.29, 0.717) is 6.54 Å². The van der Waals surface area contributed by atoms with Crippen LogP contribution in [-0.2, 0) is 5.41 Å². The van der Waals surface area contributed by atoms with E-state index in [2.05, 4.69) is 25.4 Å². The van der Waals surface area contributed by atoms with Crippen LogP contribution in [0.15, 0.2) is 0 Å². The van der Waals surface area contributed by atoms with Crippen LogP contribution in [0.2, 0.25) is 0 Å². The van der Waals surface area contributed by atoms with Crippen molar-refractivity contribution in [2.24, 2.45) is 0 Å². The summed E-state index contributed by atoms with van der Waals surface area (Å²) in [6.45, 7) is 9.84. The number of rotatable bonds is 4. The van der Waals surface area contributed by atoms with Gasteiger partial charge in [-0.05, 0) is 0 Å². The zero-order valence-electron chi connectivity index (χ0n) is 12.4. The van der Waals surface area contributed by atoms with Crippen LogP contribution in [0, 0.1) is 0 Å². The van der Waals surface area contributed by atoms with Gasteiger partial charge in [0.1, 0.15) is 5.82 Å². The smallest absolute Gasteiger partial charge is 0.291 e. The summed E-state index contributed by atoms with van der Waals surface area (Å²) < 4.78 is 0. The monoisotopic (exact) mass is 297 g/mol. The fourth-order valence-corrected chi connectivity index (χ4v) is 2.91. The highest BCUT2D eigenvalue weighted by Gasteiger charge is 2.21. The number of hydrogen-bond donors (Lipinski definition) is 2. The Balaban J connectivity index is 1.78. The molecule has 20 heavy (non-hydrogen) atoms. The zero-order chi connectivity index (χ0) is 14.6. The van der Waals surface area contributed by atoms with Crippen molar-refractivity contribution in [1.29, 1.82) is 0 Å². The molecule has 1 saturated heterocycles. The van der Waals surface area contributed by atoms with E-state index in [-0.39, 0.29) is 17.1 Å². The molecule has 0 aromatic carbocycles. The second-order valence-corrected chi connectivity index (χ2v) is 7.19. The molecule has 2 heterocycles. The minimum atomic E-state index is -0.205. The molecule has 1 aliphatic rings. The predicted octanol–water partition coefficient (Wildman–Crippen LogP) is 0.881. The Hall–Kier alpha value is -1.08. The third-order valence-electron chi connectivity index (χ3n) is 3.22. The minimum absolute atomic E-state index is 0.128.